The largest absolute Gasteiger partial charge is 0.342 e. The molecule has 1 fully saturated rings. The van der Waals surface area contributed by atoms with Crippen LogP contribution in [0.5, 0.6) is 0 Å². The Morgan fingerprint density at radius 3 is 2.76 bits per heavy atom. The lowest BCUT2D eigenvalue weighted by atomic mass is 9.93. The number of hydrogen-bond donors (Lipinski definition) is 0. The van der Waals surface area contributed by atoms with Crippen LogP contribution in [-0.2, 0) is 4.79 Å². The maximum Gasteiger partial charge on any atom is 0.224 e. The summed E-state index contributed by atoms with van der Waals surface area (Å²) in [5.41, 5.74) is 2.81. The summed E-state index contributed by atoms with van der Waals surface area (Å²) < 4.78 is 1.88. The number of rotatable bonds is 4. The SMILES string of the molecule is Cc1nn(C(C)CC(=O)N2CCCC(c3cc4ccccc4cn3)C2)c(C)c1Cl. The highest BCUT2D eigenvalue weighted by molar-refractivity contribution is 6.31. The molecule has 1 aliphatic rings. The van der Waals surface area contributed by atoms with Crippen LogP contribution < -0.4 is 0 Å². The zero-order chi connectivity index (χ0) is 20.5. The van der Waals surface area contributed by atoms with Crippen molar-refractivity contribution in [3.05, 3.63) is 58.6 Å². The van der Waals surface area contributed by atoms with Gasteiger partial charge in [-0.1, -0.05) is 35.9 Å². The van der Waals surface area contributed by atoms with E-state index in [2.05, 4.69) is 29.4 Å². The number of pyridine rings is 1. The molecule has 0 radical (unpaired) electrons. The molecule has 2 aromatic heterocycles. The number of aromatic nitrogens is 3. The monoisotopic (exact) mass is 410 g/mol. The number of halogens is 1. The van der Waals surface area contributed by atoms with E-state index in [9.17, 15) is 4.79 Å². The average molecular weight is 411 g/mol. The van der Waals surface area contributed by atoms with Crippen molar-refractivity contribution in [2.24, 2.45) is 0 Å². The van der Waals surface area contributed by atoms with E-state index in [1.807, 2.05) is 42.6 Å². The quantitative estimate of drug-likeness (QED) is 0.604. The molecule has 3 aromatic rings. The summed E-state index contributed by atoms with van der Waals surface area (Å²) in [5.74, 6) is 0.461. The highest BCUT2D eigenvalue weighted by Crippen LogP contribution is 2.29. The van der Waals surface area contributed by atoms with Crippen molar-refractivity contribution in [3.8, 4) is 0 Å². The molecule has 29 heavy (non-hydrogen) atoms. The average Bonchev–Trinajstić information content (AvgIpc) is 3.01. The Balaban J connectivity index is 1.45. The van der Waals surface area contributed by atoms with E-state index < -0.39 is 0 Å². The van der Waals surface area contributed by atoms with Crippen LogP contribution in [0.2, 0.25) is 5.02 Å². The Hall–Kier alpha value is -2.40. The minimum atomic E-state index is -0.0205. The number of piperidine rings is 1. The van der Waals surface area contributed by atoms with Crippen molar-refractivity contribution in [2.45, 2.75) is 52.0 Å². The van der Waals surface area contributed by atoms with Crippen LogP contribution in [-0.4, -0.2) is 38.7 Å². The normalized spacial score (nSPS) is 18.2. The lowest BCUT2D eigenvalue weighted by molar-refractivity contribution is -0.133. The Morgan fingerprint density at radius 1 is 1.28 bits per heavy atom. The Bertz CT molecular complexity index is 1040. The van der Waals surface area contributed by atoms with Gasteiger partial charge in [0.1, 0.15) is 0 Å². The van der Waals surface area contributed by atoms with Crippen LogP contribution in [0.25, 0.3) is 10.8 Å². The van der Waals surface area contributed by atoms with Crippen LogP contribution in [0.3, 0.4) is 0 Å². The zero-order valence-corrected chi connectivity index (χ0v) is 18.0. The molecule has 1 aromatic carbocycles. The third-order valence-electron chi connectivity index (χ3n) is 5.97. The van der Waals surface area contributed by atoms with Gasteiger partial charge in [0.2, 0.25) is 5.91 Å². The second-order valence-electron chi connectivity index (χ2n) is 8.12. The number of hydrogen-bond acceptors (Lipinski definition) is 3. The molecule has 6 heteroatoms. The molecule has 152 valence electrons. The maximum atomic E-state index is 13.0. The predicted molar refractivity (Wildman–Crippen MR) is 116 cm³/mol. The van der Waals surface area contributed by atoms with Gasteiger partial charge in [0.05, 0.1) is 22.5 Å². The summed E-state index contributed by atoms with van der Waals surface area (Å²) in [6.45, 7) is 7.42. The standard InChI is InChI=1S/C23H27ClN4O/c1-15(28-17(3)23(24)16(2)26-28)11-22(29)27-10-6-9-20(14-27)21-12-18-7-4-5-8-19(18)13-25-21/h4-5,7-8,12-13,15,20H,6,9-11,14H2,1-3H3. The first-order valence-electron chi connectivity index (χ1n) is 10.3. The van der Waals surface area contributed by atoms with Gasteiger partial charge in [0.15, 0.2) is 0 Å². The molecule has 1 aliphatic heterocycles. The first-order valence-corrected chi connectivity index (χ1v) is 10.7. The molecule has 2 atom stereocenters. The fraction of sp³-hybridized carbons (Fsp3) is 0.435. The molecule has 0 aliphatic carbocycles. The smallest absolute Gasteiger partial charge is 0.224 e. The molecule has 1 amide bonds. The van der Waals surface area contributed by atoms with E-state index in [1.54, 1.807) is 0 Å². The van der Waals surface area contributed by atoms with Crippen LogP contribution in [0, 0.1) is 13.8 Å². The van der Waals surface area contributed by atoms with Gasteiger partial charge in [0, 0.05) is 42.7 Å². The van der Waals surface area contributed by atoms with E-state index in [1.165, 1.54) is 5.39 Å². The lowest BCUT2D eigenvalue weighted by Gasteiger charge is -2.33. The molecule has 4 rings (SSSR count). The summed E-state index contributed by atoms with van der Waals surface area (Å²) in [7, 11) is 0. The van der Waals surface area contributed by atoms with Gasteiger partial charge in [-0.2, -0.15) is 5.10 Å². The van der Waals surface area contributed by atoms with Gasteiger partial charge in [-0.25, -0.2) is 0 Å². The minimum absolute atomic E-state index is 0.0205. The Labute approximate surface area is 176 Å². The topological polar surface area (TPSA) is 51.0 Å². The third kappa shape index (κ3) is 4.01. The zero-order valence-electron chi connectivity index (χ0n) is 17.2. The molecule has 0 spiro atoms. The fourth-order valence-corrected chi connectivity index (χ4v) is 4.43. The fourth-order valence-electron chi connectivity index (χ4n) is 4.31. The van der Waals surface area contributed by atoms with Gasteiger partial charge in [-0.3, -0.25) is 14.5 Å². The van der Waals surface area contributed by atoms with E-state index in [0.29, 0.717) is 11.4 Å². The molecule has 2 unspecified atom stereocenters. The van der Waals surface area contributed by atoms with Gasteiger partial charge < -0.3 is 4.90 Å². The lowest BCUT2D eigenvalue weighted by Crippen LogP contribution is -2.40. The van der Waals surface area contributed by atoms with Crippen molar-refractivity contribution in [1.29, 1.82) is 0 Å². The van der Waals surface area contributed by atoms with Crippen LogP contribution in [0.1, 0.15) is 55.2 Å². The predicted octanol–water partition coefficient (Wildman–Crippen LogP) is 5.06. The third-order valence-corrected chi connectivity index (χ3v) is 6.52. The number of nitrogens with zero attached hydrogens (tertiary/aromatic N) is 4. The number of aryl methyl sites for hydroxylation is 1. The van der Waals surface area contributed by atoms with Crippen LogP contribution >= 0.6 is 11.6 Å². The summed E-state index contributed by atoms with van der Waals surface area (Å²) >= 11 is 6.27. The van der Waals surface area contributed by atoms with E-state index in [0.717, 1.165) is 48.4 Å². The second kappa shape index (κ2) is 8.15. The molecule has 3 heterocycles. The molecular formula is C23H27ClN4O. The number of carbonyl (C=O) groups is 1. The maximum absolute atomic E-state index is 13.0. The van der Waals surface area contributed by atoms with Crippen molar-refractivity contribution in [1.82, 2.24) is 19.7 Å². The van der Waals surface area contributed by atoms with Gasteiger partial charge in [-0.05, 0) is 45.1 Å². The number of likely N-dealkylation sites (tertiary alicyclic amines) is 1. The molecule has 0 N–H and O–H groups in total. The van der Waals surface area contributed by atoms with Crippen molar-refractivity contribution >= 4 is 28.3 Å². The van der Waals surface area contributed by atoms with Crippen molar-refractivity contribution in [2.75, 3.05) is 13.1 Å². The summed E-state index contributed by atoms with van der Waals surface area (Å²) in [6, 6.07) is 10.4. The molecule has 0 saturated carbocycles. The van der Waals surface area contributed by atoms with Crippen LogP contribution in [0.15, 0.2) is 36.5 Å². The van der Waals surface area contributed by atoms with E-state index in [4.69, 9.17) is 16.6 Å². The summed E-state index contributed by atoms with van der Waals surface area (Å²) in [4.78, 5) is 19.7. The highest BCUT2D eigenvalue weighted by atomic mass is 35.5. The number of carbonyl (C=O) groups excluding carboxylic acids is 1. The van der Waals surface area contributed by atoms with Crippen molar-refractivity contribution in [3.63, 3.8) is 0 Å². The van der Waals surface area contributed by atoms with Crippen LogP contribution in [0.4, 0.5) is 0 Å². The second-order valence-corrected chi connectivity index (χ2v) is 8.50. The number of benzene rings is 1. The summed E-state index contributed by atoms with van der Waals surface area (Å²) in [5, 5.41) is 7.54. The van der Waals surface area contributed by atoms with E-state index >= 15 is 0 Å². The number of fused-ring (bicyclic) bond motifs is 1. The van der Waals surface area contributed by atoms with Gasteiger partial charge >= 0.3 is 0 Å². The van der Waals surface area contributed by atoms with Gasteiger partial charge in [0.25, 0.3) is 0 Å². The molecule has 0 bridgehead atoms. The highest BCUT2D eigenvalue weighted by Gasteiger charge is 2.27. The first kappa shape index (κ1) is 19.9. The van der Waals surface area contributed by atoms with Gasteiger partial charge in [-0.15, -0.1) is 0 Å². The summed E-state index contributed by atoms with van der Waals surface area (Å²) in [6.07, 6.45) is 4.44. The molecule has 1 saturated heterocycles. The molecule has 5 nitrogen and oxygen atoms in total. The Morgan fingerprint density at radius 2 is 2.03 bits per heavy atom. The Kier molecular flexibility index (Phi) is 5.59. The number of amides is 1. The van der Waals surface area contributed by atoms with Crippen molar-refractivity contribution < 1.29 is 4.79 Å². The molecular weight excluding hydrogens is 384 g/mol. The first-order chi connectivity index (χ1) is 13.9. The minimum Gasteiger partial charge on any atom is -0.342 e. The van der Waals surface area contributed by atoms with E-state index in [-0.39, 0.29) is 17.9 Å².